The van der Waals surface area contributed by atoms with Crippen LogP contribution in [0.15, 0.2) is 12.5 Å². The minimum Gasteiger partial charge on any atom is -0.310 e. The first-order valence-corrected chi connectivity index (χ1v) is 9.15. The van der Waals surface area contributed by atoms with E-state index in [4.69, 9.17) is 0 Å². The van der Waals surface area contributed by atoms with E-state index in [9.17, 15) is 4.79 Å². The molecule has 7 heteroatoms. The Morgan fingerprint density at radius 2 is 1.92 bits per heavy atom. The van der Waals surface area contributed by atoms with Gasteiger partial charge in [0.2, 0.25) is 5.91 Å². The number of anilines is 1. The second kappa shape index (κ2) is 7.47. The van der Waals surface area contributed by atoms with Crippen molar-refractivity contribution in [2.75, 3.05) is 25.0 Å². The van der Waals surface area contributed by atoms with Gasteiger partial charge in [-0.05, 0) is 38.9 Å². The van der Waals surface area contributed by atoms with E-state index in [0.29, 0.717) is 5.82 Å². The van der Waals surface area contributed by atoms with Crippen LogP contribution in [-0.4, -0.2) is 50.2 Å². The quantitative estimate of drug-likeness (QED) is 0.902. The Kier molecular flexibility index (Phi) is 5.32. The van der Waals surface area contributed by atoms with Crippen LogP contribution in [-0.2, 0) is 11.3 Å². The summed E-state index contributed by atoms with van der Waals surface area (Å²) >= 11 is 0. The van der Waals surface area contributed by atoms with E-state index in [2.05, 4.69) is 25.3 Å². The molecule has 1 fully saturated rings. The third-order valence-electron chi connectivity index (χ3n) is 4.64. The number of carbonyl (C=O) groups is 1. The highest BCUT2D eigenvalue weighted by molar-refractivity contribution is 6.00. The third-order valence-corrected chi connectivity index (χ3v) is 4.64. The normalized spacial score (nSPS) is 16.3. The Labute approximate surface area is 148 Å². The molecule has 0 unspecified atom stereocenters. The summed E-state index contributed by atoms with van der Waals surface area (Å²) in [6.45, 7) is 9.99. The molecule has 0 spiro atoms. The summed E-state index contributed by atoms with van der Waals surface area (Å²) in [5.74, 6) is 0.470. The number of carbonyl (C=O) groups excluding carboxylic acids is 1. The first-order chi connectivity index (χ1) is 11.9. The van der Waals surface area contributed by atoms with Crippen molar-refractivity contribution in [3.63, 3.8) is 0 Å². The van der Waals surface area contributed by atoms with Crippen LogP contribution in [0.25, 0.3) is 11.0 Å². The summed E-state index contributed by atoms with van der Waals surface area (Å²) < 4.78 is 1.91. The number of hydrogen-bond donors (Lipinski definition) is 1. The number of hydrogen-bond acceptors (Lipinski definition) is 5. The summed E-state index contributed by atoms with van der Waals surface area (Å²) in [4.78, 5) is 23.3. The molecule has 1 aliphatic heterocycles. The van der Waals surface area contributed by atoms with E-state index < -0.39 is 5.41 Å². The molecule has 3 heterocycles. The van der Waals surface area contributed by atoms with Gasteiger partial charge in [-0.2, -0.15) is 5.10 Å². The van der Waals surface area contributed by atoms with Gasteiger partial charge >= 0.3 is 0 Å². The summed E-state index contributed by atoms with van der Waals surface area (Å²) in [5.41, 5.74) is 0.305. The SMILES string of the molecule is CC(C)(C)C(=O)Nc1ncnc2c1cnn2CCCN1CCCCC1. The smallest absolute Gasteiger partial charge is 0.230 e. The minimum atomic E-state index is -0.471. The zero-order chi connectivity index (χ0) is 17.9. The van der Waals surface area contributed by atoms with Crippen LogP contribution in [0.3, 0.4) is 0 Å². The number of nitrogens with one attached hydrogen (secondary N) is 1. The van der Waals surface area contributed by atoms with Crippen LogP contribution in [0.1, 0.15) is 46.5 Å². The number of rotatable bonds is 5. The Hall–Kier alpha value is -2.02. The van der Waals surface area contributed by atoms with Crippen LogP contribution in [0, 0.1) is 5.41 Å². The van der Waals surface area contributed by atoms with E-state index in [0.717, 1.165) is 30.5 Å². The molecule has 0 radical (unpaired) electrons. The molecule has 1 aliphatic rings. The maximum absolute atomic E-state index is 12.2. The number of fused-ring (bicyclic) bond motifs is 1. The van der Waals surface area contributed by atoms with E-state index in [1.165, 1.54) is 38.7 Å². The molecule has 2 aromatic rings. The van der Waals surface area contributed by atoms with Gasteiger partial charge in [0, 0.05) is 12.0 Å². The largest absolute Gasteiger partial charge is 0.310 e. The van der Waals surface area contributed by atoms with Gasteiger partial charge in [0.05, 0.1) is 11.6 Å². The fourth-order valence-electron chi connectivity index (χ4n) is 3.08. The molecule has 25 heavy (non-hydrogen) atoms. The predicted molar refractivity (Wildman–Crippen MR) is 98.3 cm³/mol. The van der Waals surface area contributed by atoms with Gasteiger partial charge in [-0.1, -0.05) is 27.2 Å². The Morgan fingerprint density at radius 1 is 1.16 bits per heavy atom. The van der Waals surface area contributed by atoms with E-state index in [1.54, 1.807) is 6.20 Å². The standard InChI is InChI=1S/C18H28N6O/c1-18(2,3)17(25)22-15-14-12-21-24(16(14)20-13-19-15)11-7-10-23-8-5-4-6-9-23/h12-13H,4-11H2,1-3H3,(H,19,20,22,25). The molecular weight excluding hydrogens is 316 g/mol. The zero-order valence-electron chi connectivity index (χ0n) is 15.5. The summed E-state index contributed by atoms with van der Waals surface area (Å²) in [7, 11) is 0. The molecular formula is C18H28N6O. The highest BCUT2D eigenvalue weighted by atomic mass is 16.2. The molecule has 1 saturated heterocycles. The lowest BCUT2D eigenvalue weighted by Crippen LogP contribution is -2.31. The molecule has 136 valence electrons. The van der Waals surface area contributed by atoms with E-state index in [1.807, 2.05) is 25.5 Å². The van der Waals surface area contributed by atoms with Crippen molar-refractivity contribution in [1.29, 1.82) is 0 Å². The molecule has 0 atom stereocenters. The summed E-state index contributed by atoms with van der Waals surface area (Å²) in [6, 6.07) is 0. The van der Waals surface area contributed by atoms with Crippen molar-refractivity contribution in [3.8, 4) is 0 Å². The van der Waals surface area contributed by atoms with Crippen molar-refractivity contribution in [1.82, 2.24) is 24.6 Å². The average molecular weight is 344 g/mol. The number of likely N-dealkylation sites (tertiary alicyclic amines) is 1. The Morgan fingerprint density at radius 3 is 2.64 bits per heavy atom. The maximum Gasteiger partial charge on any atom is 0.230 e. The van der Waals surface area contributed by atoms with Crippen LogP contribution < -0.4 is 5.32 Å². The lowest BCUT2D eigenvalue weighted by atomic mass is 9.96. The van der Waals surface area contributed by atoms with Gasteiger partial charge < -0.3 is 10.2 Å². The van der Waals surface area contributed by atoms with Gasteiger partial charge in [-0.3, -0.25) is 4.79 Å². The summed E-state index contributed by atoms with van der Waals surface area (Å²) in [6.07, 6.45) is 8.27. The van der Waals surface area contributed by atoms with Gasteiger partial charge in [0.1, 0.15) is 12.1 Å². The van der Waals surface area contributed by atoms with Crippen molar-refractivity contribution >= 4 is 22.8 Å². The van der Waals surface area contributed by atoms with Crippen LogP contribution in [0.4, 0.5) is 5.82 Å². The molecule has 3 rings (SSSR count). The Balaban J connectivity index is 1.67. The first kappa shape index (κ1) is 17.8. The molecule has 0 saturated carbocycles. The zero-order valence-corrected chi connectivity index (χ0v) is 15.5. The van der Waals surface area contributed by atoms with Crippen molar-refractivity contribution in [2.24, 2.45) is 5.41 Å². The number of aromatic nitrogens is 4. The topological polar surface area (TPSA) is 75.9 Å². The molecule has 7 nitrogen and oxygen atoms in total. The molecule has 0 aliphatic carbocycles. The fraction of sp³-hybridized carbons (Fsp3) is 0.667. The monoisotopic (exact) mass is 344 g/mol. The lowest BCUT2D eigenvalue weighted by molar-refractivity contribution is -0.123. The van der Waals surface area contributed by atoms with E-state index >= 15 is 0 Å². The second-order valence-electron chi connectivity index (χ2n) is 7.79. The van der Waals surface area contributed by atoms with Gasteiger partial charge in [-0.25, -0.2) is 14.6 Å². The molecule has 2 aromatic heterocycles. The van der Waals surface area contributed by atoms with Gasteiger partial charge in [0.15, 0.2) is 5.65 Å². The van der Waals surface area contributed by atoms with Crippen molar-refractivity contribution in [2.45, 2.75) is 53.0 Å². The maximum atomic E-state index is 12.2. The Bertz CT molecular complexity index is 727. The van der Waals surface area contributed by atoms with Crippen LogP contribution in [0.5, 0.6) is 0 Å². The lowest BCUT2D eigenvalue weighted by Gasteiger charge is -2.26. The average Bonchev–Trinajstić information content (AvgIpc) is 2.99. The summed E-state index contributed by atoms with van der Waals surface area (Å²) in [5, 5.41) is 8.14. The third kappa shape index (κ3) is 4.34. The molecule has 1 N–H and O–H groups in total. The number of piperidine rings is 1. The highest BCUT2D eigenvalue weighted by Crippen LogP contribution is 2.22. The number of amides is 1. The van der Waals surface area contributed by atoms with E-state index in [-0.39, 0.29) is 5.91 Å². The van der Waals surface area contributed by atoms with Crippen LogP contribution in [0.2, 0.25) is 0 Å². The molecule has 0 bridgehead atoms. The number of nitrogens with zero attached hydrogens (tertiary/aromatic N) is 5. The minimum absolute atomic E-state index is 0.0645. The van der Waals surface area contributed by atoms with Gasteiger partial charge in [0.25, 0.3) is 0 Å². The first-order valence-electron chi connectivity index (χ1n) is 9.15. The molecule has 0 aromatic carbocycles. The highest BCUT2D eigenvalue weighted by Gasteiger charge is 2.23. The number of aryl methyl sites for hydroxylation is 1. The van der Waals surface area contributed by atoms with Crippen molar-refractivity contribution in [3.05, 3.63) is 12.5 Å². The predicted octanol–water partition coefficient (Wildman–Crippen LogP) is 2.69. The van der Waals surface area contributed by atoms with Crippen molar-refractivity contribution < 1.29 is 4.79 Å². The fourth-order valence-corrected chi connectivity index (χ4v) is 3.08. The molecule has 1 amide bonds. The second-order valence-corrected chi connectivity index (χ2v) is 7.79. The van der Waals surface area contributed by atoms with Gasteiger partial charge in [-0.15, -0.1) is 0 Å². The van der Waals surface area contributed by atoms with Crippen LogP contribution >= 0.6 is 0 Å².